The van der Waals surface area contributed by atoms with Gasteiger partial charge in [0.25, 0.3) is 0 Å². The number of hydrogen-bond acceptors (Lipinski definition) is 3. The second kappa shape index (κ2) is 10.2. The predicted molar refractivity (Wildman–Crippen MR) is 79.5 cm³/mol. The van der Waals surface area contributed by atoms with Gasteiger partial charge in [0, 0.05) is 11.6 Å². The minimum absolute atomic E-state index is 0.325. The molecule has 0 aliphatic carbocycles. The van der Waals surface area contributed by atoms with Gasteiger partial charge in [-0.25, -0.2) is 0 Å². The monoisotopic (exact) mass is 285 g/mol. The van der Waals surface area contributed by atoms with Gasteiger partial charge >= 0.3 is 0 Å². The largest absolute Gasteiger partial charge is 0.389 e. The molecule has 0 heterocycles. The minimum Gasteiger partial charge on any atom is -0.389 e. The number of rotatable bonds is 10. The highest BCUT2D eigenvalue weighted by Crippen LogP contribution is 2.15. The molecule has 1 aromatic carbocycles. The zero-order chi connectivity index (χ0) is 13.9. The maximum atomic E-state index is 9.73. The Hall–Kier alpha value is -0.610. The van der Waals surface area contributed by atoms with Crippen molar-refractivity contribution in [2.45, 2.75) is 38.9 Å². The van der Waals surface area contributed by atoms with Crippen molar-refractivity contribution < 1.29 is 9.84 Å². The first-order valence-corrected chi connectivity index (χ1v) is 7.31. The molecule has 0 amide bonds. The first kappa shape index (κ1) is 16.4. The summed E-state index contributed by atoms with van der Waals surface area (Å²) in [5, 5.41) is 13.7. The zero-order valence-electron chi connectivity index (χ0n) is 11.6. The predicted octanol–water partition coefficient (Wildman–Crippen LogP) is 3.00. The molecule has 3 nitrogen and oxygen atoms in total. The van der Waals surface area contributed by atoms with Crippen LogP contribution in [0.4, 0.5) is 0 Å². The molecule has 0 saturated carbocycles. The Morgan fingerprint density at radius 2 is 2.11 bits per heavy atom. The van der Waals surface area contributed by atoms with Crippen molar-refractivity contribution in [1.82, 2.24) is 5.32 Å². The molecule has 108 valence electrons. The Kier molecular flexibility index (Phi) is 8.84. The van der Waals surface area contributed by atoms with Gasteiger partial charge in [0.05, 0.1) is 19.3 Å². The van der Waals surface area contributed by atoms with Crippen LogP contribution >= 0.6 is 11.6 Å². The molecule has 0 bridgehead atoms. The summed E-state index contributed by atoms with van der Waals surface area (Å²) in [6, 6.07) is 7.58. The molecule has 19 heavy (non-hydrogen) atoms. The number of aliphatic hydroxyl groups excluding tert-OH is 1. The van der Waals surface area contributed by atoms with Gasteiger partial charge in [-0.05, 0) is 24.6 Å². The van der Waals surface area contributed by atoms with E-state index in [-0.39, 0.29) is 0 Å². The van der Waals surface area contributed by atoms with Gasteiger partial charge in [0.1, 0.15) is 0 Å². The molecule has 1 atom stereocenters. The minimum atomic E-state index is -0.468. The van der Waals surface area contributed by atoms with E-state index in [1.807, 2.05) is 24.3 Å². The van der Waals surface area contributed by atoms with Crippen LogP contribution in [0.2, 0.25) is 5.02 Å². The fraction of sp³-hybridized carbons (Fsp3) is 0.600. The highest BCUT2D eigenvalue weighted by molar-refractivity contribution is 6.31. The maximum Gasteiger partial charge on any atom is 0.0897 e. The van der Waals surface area contributed by atoms with Gasteiger partial charge in [-0.2, -0.15) is 0 Å². The van der Waals surface area contributed by atoms with E-state index in [0.717, 1.165) is 18.5 Å². The fourth-order valence-electron chi connectivity index (χ4n) is 1.75. The first-order valence-electron chi connectivity index (χ1n) is 6.94. The molecule has 0 fully saturated rings. The summed E-state index contributed by atoms with van der Waals surface area (Å²) in [6.45, 7) is 4.47. The summed E-state index contributed by atoms with van der Waals surface area (Å²) in [5.41, 5.74) is 0.951. The van der Waals surface area contributed by atoms with E-state index < -0.39 is 6.10 Å². The van der Waals surface area contributed by atoms with Crippen molar-refractivity contribution in [1.29, 1.82) is 0 Å². The first-order chi connectivity index (χ1) is 9.24. The summed E-state index contributed by atoms with van der Waals surface area (Å²) < 4.78 is 5.47. The smallest absolute Gasteiger partial charge is 0.0897 e. The lowest BCUT2D eigenvalue weighted by Crippen LogP contribution is -2.31. The number of hydrogen-bond donors (Lipinski definition) is 2. The van der Waals surface area contributed by atoms with Crippen molar-refractivity contribution in [2.75, 3.05) is 19.7 Å². The summed E-state index contributed by atoms with van der Waals surface area (Å²) >= 11 is 6.02. The van der Waals surface area contributed by atoms with E-state index in [2.05, 4.69) is 12.2 Å². The number of unbranched alkanes of at least 4 members (excludes halogenated alkanes) is 2. The molecular formula is C15H24ClNO2. The second-order valence-electron chi connectivity index (χ2n) is 4.67. The third kappa shape index (κ3) is 7.53. The molecule has 0 spiro atoms. The third-order valence-electron chi connectivity index (χ3n) is 2.86. The van der Waals surface area contributed by atoms with E-state index in [0.29, 0.717) is 24.8 Å². The maximum absolute atomic E-state index is 9.73. The molecule has 0 aromatic heterocycles. The Morgan fingerprint density at radius 1 is 1.32 bits per heavy atom. The van der Waals surface area contributed by atoms with Crippen LogP contribution in [0, 0.1) is 0 Å². The van der Waals surface area contributed by atoms with Gasteiger partial charge in [-0.1, -0.05) is 49.6 Å². The number of aliphatic hydroxyl groups is 1. The molecule has 1 unspecified atom stereocenters. The average molecular weight is 286 g/mol. The molecule has 0 radical (unpaired) electrons. The average Bonchev–Trinajstić information content (AvgIpc) is 2.41. The van der Waals surface area contributed by atoms with E-state index in [1.165, 1.54) is 12.8 Å². The van der Waals surface area contributed by atoms with Gasteiger partial charge in [0.15, 0.2) is 0 Å². The summed E-state index contributed by atoms with van der Waals surface area (Å²) in [4.78, 5) is 0. The highest BCUT2D eigenvalue weighted by Gasteiger charge is 2.05. The highest BCUT2D eigenvalue weighted by atomic mass is 35.5. The molecule has 2 N–H and O–H groups in total. The molecule has 0 aliphatic heterocycles. The molecule has 0 saturated heterocycles. The lowest BCUT2D eigenvalue weighted by atomic mass is 10.2. The fourth-order valence-corrected chi connectivity index (χ4v) is 1.94. The Labute approximate surface area is 120 Å². The Bertz CT molecular complexity index is 347. The third-order valence-corrected chi connectivity index (χ3v) is 3.23. The van der Waals surface area contributed by atoms with Crippen LogP contribution in [0.1, 0.15) is 31.7 Å². The molecule has 0 aliphatic rings. The molecule has 1 rings (SSSR count). The quantitative estimate of drug-likeness (QED) is 0.650. The Morgan fingerprint density at radius 3 is 2.84 bits per heavy atom. The van der Waals surface area contributed by atoms with Gasteiger partial charge in [-0.15, -0.1) is 0 Å². The van der Waals surface area contributed by atoms with Crippen LogP contribution in [-0.4, -0.2) is 30.9 Å². The number of benzene rings is 1. The molecule has 4 heteroatoms. The van der Waals surface area contributed by atoms with Gasteiger partial charge < -0.3 is 15.2 Å². The van der Waals surface area contributed by atoms with Gasteiger partial charge in [-0.3, -0.25) is 0 Å². The van der Waals surface area contributed by atoms with Crippen molar-refractivity contribution >= 4 is 11.6 Å². The Balaban J connectivity index is 2.07. The normalized spacial score (nSPS) is 12.6. The van der Waals surface area contributed by atoms with E-state index in [4.69, 9.17) is 16.3 Å². The van der Waals surface area contributed by atoms with E-state index >= 15 is 0 Å². The number of halogens is 1. The van der Waals surface area contributed by atoms with Crippen LogP contribution in [0.15, 0.2) is 24.3 Å². The molecular weight excluding hydrogens is 262 g/mol. The second-order valence-corrected chi connectivity index (χ2v) is 5.08. The number of nitrogens with one attached hydrogen (secondary N) is 1. The van der Waals surface area contributed by atoms with E-state index in [1.54, 1.807) is 0 Å². The van der Waals surface area contributed by atoms with Crippen LogP contribution in [-0.2, 0) is 11.3 Å². The zero-order valence-corrected chi connectivity index (χ0v) is 12.3. The topological polar surface area (TPSA) is 41.5 Å². The van der Waals surface area contributed by atoms with Crippen molar-refractivity contribution in [3.8, 4) is 0 Å². The van der Waals surface area contributed by atoms with Crippen molar-refractivity contribution in [2.24, 2.45) is 0 Å². The number of ether oxygens (including phenoxy) is 1. The summed E-state index contributed by atoms with van der Waals surface area (Å²) in [6.07, 6.45) is 3.13. The van der Waals surface area contributed by atoms with Crippen molar-refractivity contribution in [3.63, 3.8) is 0 Å². The SMILES string of the molecule is CCCCCNCC(O)COCc1ccccc1Cl. The summed E-state index contributed by atoms with van der Waals surface area (Å²) in [5.74, 6) is 0. The van der Waals surface area contributed by atoms with Gasteiger partial charge in [0.2, 0.25) is 0 Å². The van der Waals surface area contributed by atoms with Crippen molar-refractivity contribution in [3.05, 3.63) is 34.9 Å². The van der Waals surface area contributed by atoms with Crippen LogP contribution in [0.25, 0.3) is 0 Å². The lowest BCUT2D eigenvalue weighted by molar-refractivity contribution is 0.0289. The van der Waals surface area contributed by atoms with Crippen LogP contribution in [0.5, 0.6) is 0 Å². The van der Waals surface area contributed by atoms with Crippen LogP contribution < -0.4 is 5.32 Å². The lowest BCUT2D eigenvalue weighted by Gasteiger charge is -2.12. The van der Waals surface area contributed by atoms with Crippen LogP contribution in [0.3, 0.4) is 0 Å². The van der Waals surface area contributed by atoms with E-state index in [9.17, 15) is 5.11 Å². The summed E-state index contributed by atoms with van der Waals surface area (Å²) in [7, 11) is 0. The standard InChI is InChI=1S/C15H24ClNO2/c1-2-3-6-9-17-10-14(18)12-19-11-13-7-4-5-8-15(13)16/h4-5,7-8,14,17-18H,2-3,6,9-12H2,1H3. The molecule has 1 aromatic rings.